The molecule has 0 radical (unpaired) electrons. The van der Waals surface area contributed by atoms with Gasteiger partial charge in [-0.15, -0.1) is 0 Å². The maximum absolute atomic E-state index is 8.32. The molecule has 48 valence electrons. The summed E-state index contributed by atoms with van der Waals surface area (Å²) in [6.07, 6.45) is 3.41. The van der Waals surface area contributed by atoms with Crippen molar-refractivity contribution >= 4 is 11.6 Å². The molecule has 0 aliphatic carbocycles. The van der Waals surface area contributed by atoms with Gasteiger partial charge in [-0.05, 0) is 19.8 Å². The number of rotatable bonds is 3. The van der Waals surface area contributed by atoms with Crippen molar-refractivity contribution in [2.75, 3.05) is 6.61 Å². The SMILES string of the molecule is CC=C(Cl)CCCO. The Morgan fingerprint density at radius 2 is 2.38 bits per heavy atom. The molecule has 0 bridgehead atoms. The minimum absolute atomic E-state index is 0.226. The van der Waals surface area contributed by atoms with E-state index in [4.69, 9.17) is 16.7 Å². The third kappa shape index (κ3) is 4.16. The van der Waals surface area contributed by atoms with Crippen molar-refractivity contribution < 1.29 is 5.11 Å². The summed E-state index contributed by atoms with van der Waals surface area (Å²) >= 11 is 5.59. The number of halogens is 1. The molecule has 0 unspecified atom stereocenters. The quantitative estimate of drug-likeness (QED) is 0.625. The first-order chi connectivity index (χ1) is 3.81. The molecule has 2 heteroatoms. The molecule has 0 amide bonds. The average Bonchev–Trinajstić information content (AvgIpc) is 1.83. The fourth-order valence-electron chi connectivity index (χ4n) is 0.392. The molecule has 0 aliphatic rings. The van der Waals surface area contributed by atoms with Crippen molar-refractivity contribution in [1.82, 2.24) is 0 Å². The number of allylic oxidation sites excluding steroid dienone is 2. The van der Waals surface area contributed by atoms with E-state index in [1.807, 2.05) is 13.0 Å². The third-order valence-corrected chi connectivity index (χ3v) is 1.29. The second-order valence-electron chi connectivity index (χ2n) is 1.56. The van der Waals surface area contributed by atoms with E-state index in [9.17, 15) is 0 Å². The second-order valence-corrected chi connectivity index (χ2v) is 2.05. The van der Waals surface area contributed by atoms with Gasteiger partial charge < -0.3 is 5.11 Å². The summed E-state index contributed by atoms with van der Waals surface area (Å²) in [7, 11) is 0. The van der Waals surface area contributed by atoms with Crippen molar-refractivity contribution in [2.45, 2.75) is 19.8 Å². The van der Waals surface area contributed by atoms with Crippen molar-refractivity contribution in [3.63, 3.8) is 0 Å². The lowest BCUT2D eigenvalue weighted by molar-refractivity contribution is 0.289. The highest BCUT2D eigenvalue weighted by molar-refractivity contribution is 6.29. The van der Waals surface area contributed by atoms with Gasteiger partial charge in [-0.2, -0.15) is 0 Å². The van der Waals surface area contributed by atoms with Crippen molar-refractivity contribution in [2.24, 2.45) is 0 Å². The van der Waals surface area contributed by atoms with Crippen LogP contribution in [0, 0.1) is 0 Å². The van der Waals surface area contributed by atoms with E-state index >= 15 is 0 Å². The zero-order chi connectivity index (χ0) is 6.41. The van der Waals surface area contributed by atoms with Crippen molar-refractivity contribution in [3.8, 4) is 0 Å². The van der Waals surface area contributed by atoms with E-state index in [1.165, 1.54) is 0 Å². The van der Waals surface area contributed by atoms with E-state index < -0.39 is 0 Å². The van der Waals surface area contributed by atoms with Crippen LogP contribution >= 0.6 is 11.6 Å². The molecule has 0 aliphatic heterocycles. The lowest BCUT2D eigenvalue weighted by Crippen LogP contribution is -1.80. The maximum Gasteiger partial charge on any atom is 0.0434 e. The minimum Gasteiger partial charge on any atom is -0.396 e. The summed E-state index contributed by atoms with van der Waals surface area (Å²) in [5.74, 6) is 0. The second kappa shape index (κ2) is 5.13. The number of aliphatic hydroxyl groups excluding tert-OH is 1. The molecule has 8 heavy (non-hydrogen) atoms. The largest absolute Gasteiger partial charge is 0.396 e. The van der Waals surface area contributed by atoms with Crippen molar-refractivity contribution in [3.05, 3.63) is 11.1 Å². The van der Waals surface area contributed by atoms with Gasteiger partial charge in [0, 0.05) is 11.6 Å². The maximum atomic E-state index is 8.32. The van der Waals surface area contributed by atoms with Crippen molar-refractivity contribution in [1.29, 1.82) is 0 Å². The van der Waals surface area contributed by atoms with Crippen LogP contribution in [0.2, 0.25) is 0 Å². The Balaban J connectivity index is 3.12. The van der Waals surface area contributed by atoms with E-state index in [0.717, 1.165) is 17.9 Å². The third-order valence-electron chi connectivity index (χ3n) is 0.887. The lowest BCUT2D eigenvalue weighted by atomic mass is 10.3. The molecule has 0 aromatic heterocycles. The smallest absolute Gasteiger partial charge is 0.0434 e. The molecular formula is C6H11ClO. The molecule has 0 rings (SSSR count). The monoisotopic (exact) mass is 134 g/mol. The number of hydrogen-bond acceptors (Lipinski definition) is 1. The number of aliphatic hydroxyl groups is 1. The van der Waals surface area contributed by atoms with E-state index in [2.05, 4.69) is 0 Å². The summed E-state index contributed by atoms with van der Waals surface area (Å²) in [6, 6.07) is 0. The van der Waals surface area contributed by atoms with Crippen LogP contribution in [0.25, 0.3) is 0 Å². The molecule has 1 N–H and O–H groups in total. The van der Waals surface area contributed by atoms with Crippen LogP contribution in [-0.4, -0.2) is 11.7 Å². The first-order valence-electron chi connectivity index (χ1n) is 2.72. The van der Waals surface area contributed by atoms with Crippen LogP contribution in [0.5, 0.6) is 0 Å². The van der Waals surface area contributed by atoms with E-state index in [-0.39, 0.29) is 6.61 Å². The molecule has 1 nitrogen and oxygen atoms in total. The van der Waals surface area contributed by atoms with Crippen LogP contribution in [0.1, 0.15) is 19.8 Å². The Kier molecular flexibility index (Phi) is 5.13. The first-order valence-corrected chi connectivity index (χ1v) is 3.10. The summed E-state index contributed by atoms with van der Waals surface area (Å²) in [5, 5.41) is 9.16. The fraction of sp³-hybridized carbons (Fsp3) is 0.667. The molecule has 0 spiro atoms. The van der Waals surface area contributed by atoms with E-state index in [1.54, 1.807) is 0 Å². The summed E-state index contributed by atoms with van der Waals surface area (Å²) in [6.45, 7) is 2.11. The van der Waals surface area contributed by atoms with Crippen LogP contribution < -0.4 is 0 Å². The van der Waals surface area contributed by atoms with Gasteiger partial charge in [0.05, 0.1) is 0 Å². The fourth-order valence-corrected chi connectivity index (χ4v) is 0.526. The van der Waals surface area contributed by atoms with Gasteiger partial charge in [0.15, 0.2) is 0 Å². The summed E-state index contributed by atoms with van der Waals surface area (Å²) in [4.78, 5) is 0. The summed E-state index contributed by atoms with van der Waals surface area (Å²) < 4.78 is 0. The molecule has 0 aromatic rings. The Labute approximate surface area is 55.0 Å². The van der Waals surface area contributed by atoms with Gasteiger partial charge in [0.2, 0.25) is 0 Å². The molecule has 0 atom stereocenters. The zero-order valence-electron chi connectivity index (χ0n) is 5.02. The predicted molar refractivity (Wildman–Crippen MR) is 35.9 cm³/mol. The Morgan fingerprint density at radius 3 is 2.75 bits per heavy atom. The normalized spacial score (nSPS) is 12.1. The topological polar surface area (TPSA) is 20.2 Å². The van der Waals surface area contributed by atoms with Gasteiger partial charge >= 0.3 is 0 Å². The van der Waals surface area contributed by atoms with E-state index in [0.29, 0.717) is 0 Å². The zero-order valence-corrected chi connectivity index (χ0v) is 5.78. The Morgan fingerprint density at radius 1 is 1.75 bits per heavy atom. The molecule has 0 aromatic carbocycles. The van der Waals surface area contributed by atoms with Gasteiger partial charge in [-0.3, -0.25) is 0 Å². The predicted octanol–water partition coefficient (Wildman–Crippen LogP) is 1.90. The van der Waals surface area contributed by atoms with Crippen LogP contribution in [0.4, 0.5) is 0 Å². The van der Waals surface area contributed by atoms with Gasteiger partial charge in [0.1, 0.15) is 0 Å². The highest BCUT2D eigenvalue weighted by atomic mass is 35.5. The highest BCUT2D eigenvalue weighted by Crippen LogP contribution is 2.07. The molecule has 0 saturated carbocycles. The Hall–Kier alpha value is -0.0100. The summed E-state index contributed by atoms with van der Waals surface area (Å²) in [5.41, 5.74) is 0. The molecule has 0 heterocycles. The molecular weight excluding hydrogens is 124 g/mol. The van der Waals surface area contributed by atoms with Crippen LogP contribution in [-0.2, 0) is 0 Å². The average molecular weight is 135 g/mol. The van der Waals surface area contributed by atoms with Gasteiger partial charge in [-0.1, -0.05) is 17.7 Å². The lowest BCUT2D eigenvalue weighted by Gasteiger charge is -1.91. The first kappa shape index (κ1) is 7.99. The van der Waals surface area contributed by atoms with Crippen LogP contribution in [0.15, 0.2) is 11.1 Å². The molecule has 0 saturated heterocycles. The standard InChI is InChI=1S/C6H11ClO/c1-2-6(7)4-3-5-8/h2,8H,3-5H2,1H3. The Bertz CT molecular complexity index is 78.6. The number of hydrogen-bond donors (Lipinski definition) is 1. The highest BCUT2D eigenvalue weighted by Gasteiger charge is 1.87. The van der Waals surface area contributed by atoms with Gasteiger partial charge in [0.25, 0.3) is 0 Å². The van der Waals surface area contributed by atoms with Gasteiger partial charge in [-0.25, -0.2) is 0 Å². The van der Waals surface area contributed by atoms with Crippen LogP contribution in [0.3, 0.4) is 0 Å². The molecule has 0 fully saturated rings. The minimum atomic E-state index is 0.226.